The number of rotatable bonds is 5. The van der Waals surface area contributed by atoms with E-state index in [4.69, 9.17) is 22.1 Å². The molecule has 0 saturated carbocycles. The van der Waals surface area contributed by atoms with Crippen molar-refractivity contribution in [3.8, 4) is 5.75 Å². The van der Waals surface area contributed by atoms with Crippen LogP contribution in [0.3, 0.4) is 0 Å². The molecule has 0 spiro atoms. The first-order valence-corrected chi connectivity index (χ1v) is 7.30. The molecule has 2 N–H and O–H groups in total. The van der Waals surface area contributed by atoms with Gasteiger partial charge in [0.1, 0.15) is 0 Å². The number of methoxy groups -OCH3 is 1. The normalized spacial score (nSPS) is 12.2. The van der Waals surface area contributed by atoms with Crippen molar-refractivity contribution in [1.29, 1.82) is 0 Å². The summed E-state index contributed by atoms with van der Waals surface area (Å²) in [6, 6.07) is 8.07. The maximum Gasteiger partial charge on any atom is 0.165 e. The second-order valence-corrected chi connectivity index (χ2v) is 5.60. The molecule has 0 aliphatic carbocycles. The summed E-state index contributed by atoms with van der Waals surface area (Å²) >= 11 is 7.27. The number of hydrogen-bond donors (Lipinski definition) is 1. The van der Waals surface area contributed by atoms with E-state index in [0.29, 0.717) is 10.8 Å². The van der Waals surface area contributed by atoms with Gasteiger partial charge >= 0.3 is 0 Å². The van der Waals surface area contributed by atoms with Crippen molar-refractivity contribution in [2.45, 2.75) is 11.1 Å². The van der Waals surface area contributed by atoms with Gasteiger partial charge in [0.25, 0.3) is 0 Å². The molecule has 2 rings (SSSR count). The highest BCUT2D eigenvalue weighted by Gasteiger charge is 2.11. The third kappa shape index (κ3) is 3.85. The number of ether oxygens (including phenoxy) is 1. The number of thioether (sulfide) groups is 1. The van der Waals surface area contributed by atoms with Crippen LogP contribution < -0.4 is 10.5 Å². The Morgan fingerprint density at radius 1 is 1.40 bits per heavy atom. The van der Waals surface area contributed by atoms with E-state index in [0.717, 1.165) is 10.6 Å². The fraction of sp³-hybridized carbons (Fsp3) is 0.214. The molecule has 106 valence electrons. The summed E-state index contributed by atoms with van der Waals surface area (Å²) in [7, 11) is 1.43. The van der Waals surface area contributed by atoms with Crippen LogP contribution in [0.15, 0.2) is 41.6 Å². The first kappa shape index (κ1) is 15.1. The lowest BCUT2D eigenvalue weighted by molar-refractivity contribution is 0.386. The maximum atomic E-state index is 13.6. The Hall–Kier alpha value is -1.30. The van der Waals surface area contributed by atoms with Crippen molar-refractivity contribution in [2.75, 3.05) is 12.9 Å². The lowest BCUT2D eigenvalue weighted by atomic mass is 10.1. The van der Waals surface area contributed by atoms with E-state index < -0.39 is 5.82 Å². The average molecular weight is 313 g/mol. The van der Waals surface area contributed by atoms with Crippen LogP contribution in [0.25, 0.3) is 0 Å². The lowest BCUT2D eigenvalue weighted by Gasteiger charge is -2.12. The van der Waals surface area contributed by atoms with Gasteiger partial charge in [-0.2, -0.15) is 0 Å². The predicted octanol–water partition coefficient (Wildman–Crippen LogP) is 3.67. The fourth-order valence-electron chi connectivity index (χ4n) is 1.63. The Kier molecular flexibility index (Phi) is 5.23. The molecule has 1 atom stereocenters. The number of halogens is 2. The van der Waals surface area contributed by atoms with Crippen molar-refractivity contribution in [3.63, 3.8) is 0 Å². The molecule has 1 aromatic carbocycles. The highest BCUT2D eigenvalue weighted by molar-refractivity contribution is 7.99. The average Bonchev–Trinajstić information content (AvgIpc) is 2.46. The number of nitrogens with zero attached hydrogens (tertiary/aromatic N) is 1. The maximum absolute atomic E-state index is 13.6. The molecule has 1 unspecified atom stereocenters. The Morgan fingerprint density at radius 2 is 2.20 bits per heavy atom. The molecule has 0 aliphatic rings. The lowest BCUT2D eigenvalue weighted by Crippen LogP contribution is -2.13. The number of aromatic nitrogens is 1. The minimum absolute atomic E-state index is 0.216. The van der Waals surface area contributed by atoms with Crippen molar-refractivity contribution in [1.82, 2.24) is 4.98 Å². The van der Waals surface area contributed by atoms with Crippen LogP contribution in [0.2, 0.25) is 5.02 Å². The van der Waals surface area contributed by atoms with Crippen LogP contribution in [0.5, 0.6) is 5.75 Å². The Bertz CT molecular complexity index is 580. The molecule has 3 nitrogen and oxygen atoms in total. The van der Waals surface area contributed by atoms with E-state index in [-0.39, 0.29) is 11.8 Å². The Balaban J connectivity index is 1.99. The van der Waals surface area contributed by atoms with Crippen LogP contribution in [-0.2, 0) is 0 Å². The Labute approximate surface area is 126 Å². The fourth-order valence-corrected chi connectivity index (χ4v) is 2.58. The minimum Gasteiger partial charge on any atom is -0.494 e. The molecule has 2 aromatic rings. The summed E-state index contributed by atoms with van der Waals surface area (Å²) in [4.78, 5) is 4.17. The molecule has 0 aliphatic heterocycles. The zero-order valence-electron chi connectivity index (χ0n) is 10.8. The molecule has 0 bridgehead atoms. The second-order valence-electron chi connectivity index (χ2n) is 4.13. The zero-order chi connectivity index (χ0) is 14.5. The molecule has 0 radical (unpaired) electrons. The summed E-state index contributed by atoms with van der Waals surface area (Å²) in [6.45, 7) is 0. The molecule has 1 heterocycles. The summed E-state index contributed by atoms with van der Waals surface area (Å²) in [6.07, 6.45) is 1.59. The molecule has 0 fully saturated rings. The summed E-state index contributed by atoms with van der Waals surface area (Å²) in [5.41, 5.74) is 6.78. The number of benzene rings is 1. The van der Waals surface area contributed by atoms with E-state index >= 15 is 0 Å². The van der Waals surface area contributed by atoms with Gasteiger partial charge in [0.15, 0.2) is 11.6 Å². The van der Waals surface area contributed by atoms with Gasteiger partial charge in [-0.05, 0) is 29.8 Å². The van der Waals surface area contributed by atoms with Gasteiger partial charge in [-0.25, -0.2) is 9.37 Å². The highest BCUT2D eigenvalue weighted by atomic mass is 35.5. The molecular weight excluding hydrogens is 299 g/mol. The monoisotopic (exact) mass is 312 g/mol. The van der Waals surface area contributed by atoms with Crippen LogP contribution >= 0.6 is 23.4 Å². The Morgan fingerprint density at radius 3 is 2.80 bits per heavy atom. The third-order valence-electron chi connectivity index (χ3n) is 2.72. The van der Waals surface area contributed by atoms with E-state index in [1.54, 1.807) is 24.4 Å². The van der Waals surface area contributed by atoms with Crippen LogP contribution in [0, 0.1) is 5.82 Å². The number of hydrogen-bond acceptors (Lipinski definition) is 4. The van der Waals surface area contributed by atoms with Crippen LogP contribution in [-0.4, -0.2) is 17.8 Å². The van der Waals surface area contributed by atoms with E-state index in [1.165, 1.54) is 24.9 Å². The number of pyridine rings is 1. The molecular formula is C14H14ClFN2OS. The molecule has 1 aromatic heterocycles. The first-order chi connectivity index (χ1) is 9.60. The molecule has 6 heteroatoms. The van der Waals surface area contributed by atoms with Crippen molar-refractivity contribution in [2.24, 2.45) is 5.73 Å². The summed E-state index contributed by atoms with van der Waals surface area (Å²) in [5, 5.41) is 1.43. The van der Waals surface area contributed by atoms with Gasteiger partial charge < -0.3 is 10.5 Å². The second kappa shape index (κ2) is 6.92. The quantitative estimate of drug-likeness (QED) is 0.856. The van der Waals surface area contributed by atoms with Gasteiger partial charge in [0.05, 0.1) is 17.2 Å². The standard InChI is InChI=1S/C14H14ClFN2OS/c1-19-13-4-2-9(6-11(13)16)12(17)8-20-14-5-3-10(15)7-18-14/h2-7,12H,8,17H2,1H3. The largest absolute Gasteiger partial charge is 0.494 e. The highest BCUT2D eigenvalue weighted by Crippen LogP contribution is 2.25. The molecule has 0 saturated heterocycles. The van der Waals surface area contributed by atoms with E-state index in [9.17, 15) is 4.39 Å². The minimum atomic E-state index is -0.407. The predicted molar refractivity (Wildman–Crippen MR) is 79.9 cm³/mol. The molecule has 0 amide bonds. The van der Waals surface area contributed by atoms with Gasteiger partial charge in [0.2, 0.25) is 0 Å². The van der Waals surface area contributed by atoms with E-state index in [2.05, 4.69) is 4.98 Å². The van der Waals surface area contributed by atoms with Crippen LogP contribution in [0.4, 0.5) is 4.39 Å². The van der Waals surface area contributed by atoms with Gasteiger partial charge in [0, 0.05) is 18.0 Å². The smallest absolute Gasteiger partial charge is 0.165 e. The first-order valence-electron chi connectivity index (χ1n) is 5.93. The molecule has 20 heavy (non-hydrogen) atoms. The van der Waals surface area contributed by atoms with Crippen molar-refractivity contribution < 1.29 is 9.13 Å². The van der Waals surface area contributed by atoms with Gasteiger partial charge in [-0.3, -0.25) is 0 Å². The van der Waals surface area contributed by atoms with Crippen molar-refractivity contribution >= 4 is 23.4 Å². The topological polar surface area (TPSA) is 48.1 Å². The summed E-state index contributed by atoms with van der Waals surface area (Å²) < 4.78 is 18.5. The van der Waals surface area contributed by atoms with E-state index in [1.807, 2.05) is 6.07 Å². The van der Waals surface area contributed by atoms with Gasteiger partial charge in [-0.15, -0.1) is 11.8 Å². The zero-order valence-corrected chi connectivity index (χ0v) is 12.4. The third-order valence-corrected chi connectivity index (χ3v) is 4.00. The summed E-state index contributed by atoms with van der Waals surface area (Å²) in [5.74, 6) is 0.406. The van der Waals surface area contributed by atoms with Gasteiger partial charge in [-0.1, -0.05) is 17.7 Å². The van der Waals surface area contributed by atoms with Crippen molar-refractivity contribution in [3.05, 3.63) is 52.9 Å². The number of nitrogens with two attached hydrogens (primary N) is 1. The SMILES string of the molecule is COc1ccc(C(N)CSc2ccc(Cl)cn2)cc1F. The van der Waals surface area contributed by atoms with Crippen LogP contribution in [0.1, 0.15) is 11.6 Å².